The second-order valence-corrected chi connectivity index (χ2v) is 2.85. The summed E-state index contributed by atoms with van der Waals surface area (Å²) < 4.78 is 4.57. The van der Waals surface area contributed by atoms with Crippen molar-refractivity contribution in [3.8, 4) is 0 Å². The molecule has 0 aliphatic rings. The molecule has 0 amide bonds. The predicted octanol–water partition coefficient (Wildman–Crippen LogP) is 1.84. The molecule has 0 fully saturated rings. The Morgan fingerprint density at radius 2 is 1.88 bits per heavy atom. The Balaban J connectivity index is 2.94. The standard InChI is InChI=1S/C12H10O4/c1-2-11(13)16-10(12(14)15)8-9-6-4-3-5-7-9/h2-8H,1H2,(H,14,15). The van der Waals surface area contributed by atoms with E-state index in [0.29, 0.717) is 5.56 Å². The van der Waals surface area contributed by atoms with Gasteiger partial charge in [0.05, 0.1) is 0 Å². The average molecular weight is 218 g/mol. The maximum atomic E-state index is 10.9. The molecule has 0 saturated carbocycles. The van der Waals surface area contributed by atoms with Gasteiger partial charge >= 0.3 is 11.9 Å². The van der Waals surface area contributed by atoms with Crippen molar-refractivity contribution in [3.05, 3.63) is 54.3 Å². The normalized spacial score (nSPS) is 10.6. The summed E-state index contributed by atoms with van der Waals surface area (Å²) in [5.74, 6) is -2.54. The molecular weight excluding hydrogens is 208 g/mol. The number of hydrogen-bond acceptors (Lipinski definition) is 3. The van der Waals surface area contributed by atoms with Gasteiger partial charge in [0.1, 0.15) is 0 Å². The van der Waals surface area contributed by atoms with Crippen LogP contribution in [0.5, 0.6) is 0 Å². The van der Waals surface area contributed by atoms with E-state index in [1.165, 1.54) is 6.08 Å². The molecule has 16 heavy (non-hydrogen) atoms. The highest BCUT2D eigenvalue weighted by Crippen LogP contribution is 2.08. The lowest BCUT2D eigenvalue weighted by atomic mass is 10.2. The Hall–Kier alpha value is -2.36. The van der Waals surface area contributed by atoms with Crippen molar-refractivity contribution in [2.24, 2.45) is 0 Å². The fourth-order valence-electron chi connectivity index (χ4n) is 0.986. The number of carbonyl (C=O) groups is 2. The summed E-state index contributed by atoms with van der Waals surface area (Å²) in [6.07, 6.45) is 2.17. The van der Waals surface area contributed by atoms with Crippen LogP contribution in [0.1, 0.15) is 5.56 Å². The molecular formula is C12H10O4. The largest absolute Gasteiger partial charge is 0.475 e. The van der Waals surface area contributed by atoms with Crippen molar-refractivity contribution in [1.29, 1.82) is 0 Å². The van der Waals surface area contributed by atoms with E-state index in [1.54, 1.807) is 30.3 Å². The van der Waals surface area contributed by atoms with E-state index in [4.69, 9.17) is 5.11 Å². The summed E-state index contributed by atoms with van der Waals surface area (Å²) in [5, 5.41) is 8.80. The van der Waals surface area contributed by atoms with Gasteiger partial charge in [-0.1, -0.05) is 36.9 Å². The minimum atomic E-state index is -1.31. The number of esters is 1. The number of carboxylic acid groups (broad SMARTS) is 1. The summed E-state index contributed by atoms with van der Waals surface area (Å²) in [4.78, 5) is 21.6. The van der Waals surface area contributed by atoms with Crippen LogP contribution in [0.4, 0.5) is 0 Å². The second-order valence-electron chi connectivity index (χ2n) is 2.85. The number of benzene rings is 1. The fraction of sp³-hybridized carbons (Fsp3) is 0. The lowest BCUT2D eigenvalue weighted by molar-refractivity contribution is -0.144. The fourth-order valence-corrected chi connectivity index (χ4v) is 0.986. The predicted molar refractivity (Wildman–Crippen MR) is 58.3 cm³/mol. The number of carbonyl (C=O) groups excluding carboxylic acids is 1. The Labute approximate surface area is 92.5 Å². The van der Waals surface area contributed by atoms with Gasteiger partial charge in [-0.15, -0.1) is 0 Å². The molecule has 0 saturated heterocycles. The van der Waals surface area contributed by atoms with Crippen LogP contribution >= 0.6 is 0 Å². The number of ether oxygens (including phenoxy) is 1. The van der Waals surface area contributed by atoms with Gasteiger partial charge in [0.25, 0.3) is 0 Å². The van der Waals surface area contributed by atoms with Crippen LogP contribution in [0, 0.1) is 0 Å². The zero-order chi connectivity index (χ0) is 12.0. The summed E-state index contributed by atoms with van der Waals surface area (Å²) in [6, 6.07) is 8.70. The van der Waals surface area contributed by atoms with Crippen LogP contribution < -0.4 is 0 Å². The molecule has 0 aliphatic heterocycles. The molecule has 0 radical (unpaired) electrons. The van der Waals surface area contributed by atoms with Gasteiger partial charge in [-0.3, -0.25) is 0 Å². The van der Waals surface area contributed by atoms with Crippen LogP contribution in [-0.2, 0) is 14.3 Å². The van der Waals surface area contributed by atoms with Gasteiger partial charge in [0.2, 0.25) is 5.76 Å². The van der Waals surface area contributed by atoms with Crippen LogP contribution in [-0.4, -0.2) is 17.0 Å². The first kappa shape index (κ1) is 11.7. The Morgan fingerprint density at radius 3 is 2.38 bits per heavy atom. The molecule has 0 spiro atoms. The zero-order valence-electron chi connectivity index (χ0n) is 8.42. The van der Waals surface area contributed by atoms with Crippen LogP contribution in [0.3, 0.4) is 0 Å². The van der Waals surface area contributed by atoms with Gasteiger partial charge in [-0.05, 0) is 11.6 Å². The number of carboxylic acids is 1. The summed E-state index contributed by atoms with van der Waals surface area (Å²) in [7, 11) is 0. The maximum Gasteiger partial charge on any atom is 0.371 e. The SMILES string of the molecule is C=CC(=O)OC(=Cc1ccccc1)C(=O)O. The van der Waals surface area contributed by atoms with E-state index < -0.39 is 17.7 Å². The van der Waals surface area contributed by atoms with Crippen LogP contribution in [0.15, 0.2) is 48.7 Å². The van der Waals surface area contributed by atoms with Crippen molar-refractivity contribution in [3.63, 3.8) is 0 Å². The lowest BCUT2D eigenvalue weighted by Gasteiger charge is -2.01. The first-order valence-electron chi connectivity index (χ1n) is 4.48. The molecule has 4 nitrogen and oxygen atoms in total. The molecule has 0 aromatic heterocycles. The summed E-state index contributed by atoms with van der Waals surface area (Å²) in [5.41, 5.74) is 0.636. The van der Waals surface area contributed by atoms with Crippen molar-refractivity contribution in [1.82, 2.24) is 0 Å². The third kappa shape index (κ3) is 3.42. The number of hydrogen-bond donors (Lipinski definition) is 1. The molecule has 0 heterocycles. The quantitative estimate of drug-likeness (QED) is 0.476. The van der Waals surface area contributed by atoms with E-state index in [-0.39, 0.29) is 0 Å². The Kier molecular flexibility index (Phi) is 4.03. The van der Waals surface area contributed by atoms with Crippen LogP contribution in [0.25, 0.3) is 6.08 Å². The molecule has 0 unspecified atom stereocenters. The van der Waals surface area contributed by atoms with Gasteiger partial charge in [0.15, 0.2) is 0 Å². The minimum absolute atomic E-state index is 0.434. The van der Waals surface area contributed by atoms with E-state index in [9.17, 15) is 9.59 Å². The van der Waals surface area contributed by atoms with E-state index in [0.717, 1.165) is 6.08 Å². The van der Waals surface area contributed by atoms with E-state index in [2.05, 4.69) is 11.3 Å². The molecule has 0 aliphatic carbocycles. The number of aliphatic carboxylic acids is 1. The zero-order valence-corrected chi connectivity index (χ0v) is 8.42. The third-order valence-corrected chi connectivity index (χ3v) is 1.69. The average Bonchev–Trinajstić information content (AvgIpc) is 2.29. The molecule has 1 aromatic rings. The first-order valence-corrected chi connectivity index (χ1v) is 4.48. The lowest BCUT2D eigenvalue weighted by Crippen LogP contribution is -2.08. The van der Waals surface area contributed by atoms with Crippen molar-refractivity contribution in [2.45, 2.75) is 0 Å². The Bertz CT molecular complexity index is 432. The number of rotatable bonds is 4. The Morgan fingerprint density at radius 1 is 1.25 bits per heavy atom. The molecule has 82 valence electrons. The molecule has 4 heteroatoms. The summed E-state index contributed by atoms with van der Waals surface area (Å²) >= 11 is 0. The second kappa shape index (κ2) is 5.50. The molecule has 0 atom stereocenters. The highest BCUT2D eigenvalue weighted by atomic mass is 16.6. The van der Waals surface area contributed by atoms with Gasteiger partial charge < -0.3 is 9.84 Å². The monoisotopic (exact) mass is 218 g/mol. The first-order chi connectivity index (χ1) is 7.63. The maximum absolute atomic E-state index is 10.9. The highest BCUT2D eigenvalue weighted by molar-refractivity contribution is 5.94. The van der Waals surface area contributed by atoms with Crippen molar-refractivity contribution in [2.75, 3.05) is 0 Å². The van der Waals surface area contributed by atoms with Crippen molar-refractivity contribution >= 4 is 18.0 Å². The van der Waals surface area contributed by atoms with Gasteiger partial charge in [-0.2, -0.15) is 0 Å². The minimum Gasteiger partial charge on any atom is -0.475 e. The third-order valence-electron chi connectivity index (χ3n) is 1.69. The van der Waals surface area contributed by atoms with Crippen molar-refractivity contribution < 1.29 is 19.4 Å². The highest BCUT2D eigenvalue weighted by Gasteiger charge is 2.11. The van der Waals surface area contributed by atoms with E-state index in [1.807, 2.05) is 0 Å². The summed E-state index contributed by atoms with van der Waals surface area (Å²) in [6.45, 7) is 3.19. The molecule has 1 rings (SSSR count). The van der Waals surface area contributed by atoms with Gasteiger partial charge in [0, 0.05) is 6.08 Å². The topological polar surface area (TPSA) is 63.6 Å². The molecule has 1 N–H and O–H groups in total. The van der Waals surface area contributed by atoms with E-state index >= 15 is 0 Å². The van der Waals surface area contributed by atoms with Crippen LogP contribution in [0.2, 0.25) is 0 Å². The molecule has 0 bridgehead atoms. The molecule has 1 aromatic carbocycles. The smallest absolute Gasteiger partial charge is 0.371 e. The van der Waals surface area contributed by atoms with Gasteiger partial charge in [-0.25, -0.2) is 9.59 Å².